The summed E-state index contributed by atoms with van der Waals surface area (Å²) in [6.45, 7) is 3.81. The number of furan rings is 1. The van der Waals surface area contributed by atoms with Crippen molar-refractivity contribution in [3.63, 3.8) is 0 Å². The topological polar surface area (TPSA) is 54.6 Å². The second kappa shape index (κ2) is 5.84. The number of aryl methyl sites for hydroxylation is 2. The van der Waals surface area contributed by atoms with Crippen LogP contribution in [0.15, 0.2) is 44.3 Å². The molecule has 0 atom stereocenters. The lowest BCUT2D eigenvalue weighted by Crippen LogP contribution is -2.17. The van der Waals surface area contributed by atoms with Crippen molar-refractivity contribution in [2.24, 2.45) is 5.10 Å². The summed E-state index contributed by atoms with van der Waals surface area (Å²) in [7, 11) is 0. The number of rotatable bonds is 3. The second-order valence-corrected chi connectivity index (χ2v) is 4.97. The Kier molecular flexibility index (Phi) is 4.16. The molecule has 0 fully saturated rings. The van der Waals surface area contributed by atoms with Crippen molar-refractivity contribution in [1.82, 2.24) is 5.43 Å². The Balaban J connectivity index is 1.98. The van der Waals surface area contributed by atoms with Crippen LogP contribution in [0.1, 0.15) is 27.4 Å². The van der Waals surface area contributed by atoms with Crippen LogP contribution in [0.4, 0.5) is 0 Å². The predicted molar refractivity (Wildman–Crippen MR) is 77.4 cm³/mol. The van der Waals surface area contributed by atoms with Gasteiger partial charge in [0, 0.05) is 11.6 Å². The van der Waals surface area contributed by atoms with Crippen LogP contribution in [0, 0.1) is 13.8 Å². The Labute approximate surface area is 119 Å². The van der Waals surface area contributed by atoms with Crippen molar-refractivity contribution in [2.75, 3.05) is 0 Å². The molecule has 0 spiro atoms. The molecule has 1 heterocycles. The van der Waals surface area contributed by atoms with Crippen molar-refractivity contribution in [2.45, 2.75) is 13.8 Å². The Hall–Kier alpha value is -1.88. The van der Waals surface area contributed by atoms with Gasteiger partial charge in [0.25, 0.3) is 5.91 Å². The average Bonchev–Trinajstić information content (AvgIpc) is 2.69. The van der Waals surface area contributed by atoms with Gasteiger partial charge in [-0.3, -0.25) is 4.79 Å². The molecule has 0 aliphatic heterocycles. The van der Waals surface area contributed by atoms with Gasteiger partial charge < -0.3 is 4.42 Å². The molecular weight excluding hydrogens is 308 g/mol. The van der Waals surface area contributed by atoms with E-state index in [4.69, 9.17) is 4.42 Å². The van der Waals surface area contributed by atoms with Crippen molar-refractivity contribution < 1.29 is 9.21 Å². The molecule has 0 saturated heterocycles. The number of hydrogen-bond donors (Lipinski definition) is 1. The zero-order valence-corrected chi connectivity index (χ0v) is 12.2. The highest BCUT2D eigenvalue weighted by Gasteiger charge is 2.04. The highest BCUT2D eigenvalue weighted by Crippen LogP contribution is 2.18. The van der Waals surface area contributed by atoms with Crippen LogP contribution in [-0.2, 0) is 0 Å². The minimum absolute atomic E-state index is 0.251. The first kappa shape index (κ1) is 13.5. The smallest absolute Gasteiger partial charge is 0.271 e. The number of nitrogens with zero attached hydrogens (tertiary/aromatic N) is 1. The van der Waals surface area contributed by atoms with E-state index in [0.717, 1.165) is 15.8 Å². The third-order valence-corrected chi connectivity index (χ3v) is 3.34. The normalized spacial score (nSPS) is 10.9. The van der Waals surface area contributed by atoms with Gasteiger partial charge in [-0.25, -0.2) is 5.43 Å². The van der Waals surface area contributed by atoms with Gasteiger partial charge in [-0.2, -0.15) is 5.10 Å². The molecule has 5 heteroatoms. The van der Waals surface area contributed by atoms with Crippen LogP contribution in [0.2, 0.25) is 0 Å². The summed E-state index contributed by atoms with van der Waals surface area (Å²) >= 11 is 3.34. The first-order valence-electron chi connectivity index (χ1n) is 5.72. The molecule has 2 aromatic rings. The fourth-order valence-corrected chi connectivity index (χ4v) is 1.78. The summed E-state index contributed by atoms with van der Waals surface area (Å²) < 4.78 is 6.24. The van der Waals surface area contributed by atoms with E-state index in [1.54, 1.807) is 18.2 Å². The molecule has 0 saturated carbocycles. The molecule has 0 unspecified atom stereocenters. The maximum atomic E-state index is 11.8. The van der Waals surface area contributed by atoms with Crippen LogP contribution < -0.4 is 5.43 Å². The second-order valence-electron chi connectivity index (χ2n) is 4.12. The van der Waals surface area contributed by atoms with Crippen LogP contribution in [-0.4, -0.2) is 12.1 Å². The van der Waals surface area contributed by atoms with Crippen LogP contribution in [0.3, 0.4) is 0 Å². The summed E-state index contributed by atoms with van der Waals surface area (Å²) in [5.74, 6) is 1.10. The maximum absolute atomic E-state index is 11.8. The molecule has 1 N–H and O–H groups in total. The summed E-state index contributed by atoms with van der Waals surface area (Å²) in [5, 5.41) is 3.86. The SMILES string of the molecule is Cc1ccc(C(=O)N/N=C\c2cc(Br)c(C)o2)cc1. The Morgan fingerprint density at radius 3 is 2.58 bits per heavy atom. The van der Waals surface area contributed by atoms with Gasteiger partial charge in [-0.05, 0) is 41.9 Å². The van der Waals surface area contributed by atoms with E-state index >= 15 is 0 Å². The lowest BCUT2D eigenvalue weighted by Gasteiger charge is -1.99. The lowest BCUT2D eigenvalue weighted by atomic mass is 10.1. The van der Waals surface area contributed by atoms with E-state index in [1.807, 2.05) is 26.0 Å². The Morgan fingerprint density at radius 2 is 2.00 bits per heavy atom. The zero-order valence-electron chi connectivity index (χ0n) is 10.6. The standard InChI is InChI=1S/C14H13BrN2O2/c1-9-3-5-11(6-4-9)14(18)17-16-8-12-7-13(15)10(2)19-12/h3-8H,1-2H3,(H,17,18)/b16-8-. The van der Waals surface area contributed by atoms with E-state index in [9.17, 15) is 4.79 Å². The average molecular weight is 321 g/mol. The highest BCUT2D eigenvalue weighted by atomic mass is 79.9. The van der Waals surface area contributed by atoms with E-state index in [2.05, 4.69) is 26.5 Å². The first-order valence-corrected chi connectivity index (χ1v) is 6.51. The summed E-state index contributed by atoms with van der Waals surface area (Å²) in [5.41, 5.74) is 4.13. The van der Waals surface area contributed by atoms with Crippen LogP contribution in [0.5, 0.6) is 0 Å². The third-order valence-electron chi connectivity index (χ3n) is 2.55. The van der Waals surface area contributed by atoms with Gasteiger partial charge in [0.15, 0.2) is 0 Å². The molecule has 1 amide bonds. The lowest BCUT2D eigenvalue weighted by molar-refractivity contribution is 0.0955. The first-order chi connectivity index (χ1) is 9.06. The Bertz CT molecular complexity index is 595. The van der Waals surface area contributed by atoms with E-state index in [1.165, 1.54) is 6.21 Å². The largest absolute Gasteiger partial charge is 0.459 e. The van der Waals surface area contributed by atoms with Crippen molar-refractivity contribution in [1.29, 1.82) is 0 Å². The number of hydrazone groups is 1. The van der Waals surface area contributed by atoms with Crippen molar-refractivity contribution in [3.05, 3.63) is 57.5 Å². The maximum Gasteiger partial charge on any atom is 0.271 e. The number of halogens is 1. The summed E-state index contributed by atoms with van der Waals surface area (Å²) in [6, 6.07) is 9.07. The van der Waals surface area contributed by atoms with Crippen LogP contribution >= 0.6 is 15.9 Å². The monoisotopic (exact) mass is 320 g/mol. The fourth-order valence-electron chi connectivity index (χ4n) is 1.47. The number of carbonyl (C=O) groups is 1. The van der Waals surface area contributed by atoms with Gasteiger partial charge >= 0.3 is 0 Å². The molecule has 1 aromatic heterocycles. The summed E-state index contributed by atoms with van der Waals surface area (Å²) in [6.07, 6.45) is 1.46. The fraction of sp³-hybridized carbons (Fsp3) is 0.143. The molecular formula is C14H13BrN2O2. The molecule has 98 valence electrons. The number of amides is 1. The molecule has 4 nitrogen and oxygen atoms in total. The molecule has 19 heavy (non-hydrogen) atoms. The van der Waals surface area contributed by atoms with Crippen LogP contribution in [0.25, 0.3) is 0 Å². The van der Waals surface area contributed by atoms with Gasteiger partial charge in [0.2, 0.25) is 0 Å². The van der Waals surface area contributed by atoms with E-state index in [0.29, 0.717) is 11.3 Å². The van der Waals surface area contributed by atoms with Gasteiger partial charge in [0.05, 0.1) is 10.7 Å². The van der Waals surface area contributed by atoms with Gasteiger partial charge in [0.1, 0.15) is 11.5 Å². The molecule has 0 aliphatic rings. The van der Waals surface area contributed by atoms with Gasteiger partial charge in [-0.1, -0.05) is 17.7 Å². The number of carbonyl (C=O) groups excluding carboxylic acids is 1. The quantitative estimate of drug-likeness (QED) is 0.696. The number of hydrogen-bond acceptors (Lipinski definition) is 3. The highest BCUT2D eigenvalue weighted by molar-refractivity contribution is 9.10. The third kappa shape index (κ3) is 3.54. The van der Waals surface area contributed by atoms with E-state index < -0.39 is 0 Å². The number of nitrogens with one attached hydrogen (secondary N) is 1. The molecule has 0 bridgehead atoms. The molecule has 0 aliphatic carbocycles. The number of benzene rings is 1. The van der Waals surface area contributed by atoms with Crippen molar-refractivity contribution >= 4 is 28.1 Å². The zero-order chi connectivity index (χ0) is 13.8. The predicted octanol–water partition coefficient (Wildman–Crippen LogP) is 3.42. The molecule has 1 aromatic carbocycles. The molecule has 2 rings (SSSR count). The summed E-state index contributed by atoms with van der Waals surface area (Å²) in [4.78, 5) is 11.8. The van der Waals surface area contributed by atoms with E-state index in [-0.39, 0.29) is 5.91 Å². The van der Waals surface area contributed by atoms with Crippen molar-refractivity contribution in [3.8, 4) is 0 Å². The minimum atomic E-state index is -0.251. The molecule has 0 radical (unpaired) electrons. The minimum Gasteiger partial charge on any atom is -0.459 e. The van der Waals surface area contributed by atoms with Gasteiger partial charge in [-0.15, -0.1) is 0 Å². The Morgan fingerprint density at radius 1 is 1.32 bits per heavy atom.